The predicted octanol–water partition coefficient (Wildman–Crippen LogP) is 0.0384. The minimum Gasteiger partial charge on any atom is -0.383 e. The van der Waals surface area contributed by atoms with Gasteiger partial charge in [0.15, 0.2) is 0 Å². The van der Waals surface area contributed by atoms with E-state index in [0.717, 1.165) is 5.69 Å². The van der Waals surface area contributed by atoms with Gasteiger partial charge in [-0.1, -0.05) is 0 Å². The minimum absolute atomic E-state index is 0.0182. The Morgan fingerprint density at radius 1 is 1.24 bits per heavy atom. The maximum Gasteiger partial charge on any atom is 0.276 e. The molecule has 25 heavy (non-hydrogen) atoms. The molecule has 11 heteroatoms. The number of rotatable bonds is 7. The standard InChI is InChI=1S/C14H21N5O5S/c15-25(23,24)18-9-5-11(6-10-18)14(20)17-8-7-16-12-1-3-13(4-2-12)19(21)22/h1-4,11,16H,5-10H2,(H,17,20)(H2,15,23,24). The molecule has 1 aliphatic rings. The first-order valence-electron chi connectivity index (χ1n) is 7.81. The Labute approximate surface area is 145 Å². The third-order valence-corrected chi connectivity index (χ3v) is 5.10. The van der Waals surface area contributed by atoms with Gasteiger partial charge in [-0.05, 0) is 25.0 Å². The van der Waals surface area contributed by atoms with Crippen molar-refractivity contribution in [2.75, 3.05) is 31.5 Å². The van der Waals surface area contributed by atoms with Crippen LogP contribution in [0.4, 0.5) is 11.4 Å². The van der Waals surface area contributed by atoms with E-state index in [1.54, 1.807) is 12.1 Å². The highest BCUT2D eigenvalue weighted by Crippen LogP contribution is 2.18. The van der Waals surface area contributed by atoms with Gasteiger partial charge in [-0.3, -0.25) is 14.9 Å². The number of nitro groups is 1. The number of nitrogens with two attached hydrogens (primary N) is 1. The van der Waals surface area contributed by atoms with Crippen LogP contribution in [0.3, 0.4) is 0 Å². The second-order valence-corrected chi connectivity index (χ2v) is 7.29. The van der Waals surface area contributed by atoms with E-state index in [1.807, 2.05) is 0 Å². The summed E-state index contributed by atoms with van der Waals surface area (Å²) < 4.78 is 23.6. The van der Waals surface area contributed by atoms with Crippen molar-refractivity contribution < 1.29 is 18.1 Å². The van der Waals surface area contributed by atoms with Crippen LogP contribution in [0.5, 0.6) is 0 Å². The zero-order valence-corrected chi connectivity index (χ0v) is 14.4. The number of nitrogens with zero attached hydrogens (tertiary/aromatic N) is 2. The number of non-ortho nitro benzene ring substituents is 1. The minimum atomic E-state index is -3.69. The smallest absolute Gasteiger partial charge is 0.276 e. The van der Waals surface area contributed by atoms with E-state index in [9.17, 15) is 23.3 Å². The van der Waals surface area contributed by atoms with Gasteiger partial charge in [-0.15, -0.1) is 0 Å². The number of amides is 1. The number of nitro benzene ring substituents is 1. The molecule has 138 valence electrons. The average molecular weight is 371 g/mol. The number of carbonyl (C=O) groups is 1. The molecule has 0 unspecified atom stereocenters. The molecular formula is C14H21N5O5S. The van der Waals surface area contributed by atoms with Crippen LogP contribution in [0.15, 0.2) is 24.3 Å². The number of nitrogens with one attached hydrogen (secondary N) is 2. The molecule has 2 rings (SSSR count). The van der Waals surface area contributed by atoms with Gasteiger partial charge in [0.1, 0.15) is 0 Å². The average Bonchev–Trinajstić information content (AvgIpc) is 2.58. The largest absolute Gasteiger partial charge is 0.383 e. The summed E-state index contributed by atoms with van der Waals surface area (Å²) in [5.41, 5.74) is 0.742. The Morgan fingerprint density at radius 2 is 1.84 bits per heavy atom. The first-order valence-corrected chi connectivity index (χ1v) is 9.31. The molecule has 4 N–H and O–H groups in total. The van der Waals surface area contributed by atoms with Crippen LogP contribution in [0.2, 0.25) is 0 Å². The van der Waals surface area contributed by atoms with Gasteiger partial charge in [-0.25, -0.2) is 5.14 Å². The molecule has 1 saturated heterocycles. The molecular weight excluding hydrogens is 350 g/mol. The lowest BCUT2D eigenvalue weighted by atomic mass is 9.97. The molecule has 1 fully saturated rings. The van der Waals surface area contributed by atoms with Crippen molar-refractivity contribution in [2.24, 2.45) is 11.1 Å². The number of anilines is 1. The van der Waals surface area contributed by atoms with Crippen molar-refractivity contribution in [3.05, 3.63) is 34.4 Å². The SMILES string of the molecule is NS(=O)(=O)N1CCC(C(=O)NCCNc2ccc([N+](=O)[O-])cc2)CC1. The third kappa shape index (κ3) is 5.66. The summed E-state index contributed by atoms with van der Waals surface area (Å²) in [6.45, 7) is 1.36. The molecule has 0 bridgehead atoms. The maximum absolute atomic E-state index is 12.1. The molecule has 0 aromatic heterocycles. The Bertz CT molecular complexity index is 714. The summed E-state index contributed by atoms with van der Waals surface area (Å²) >= 11 is 0. The monoisotopic (exact) mass is 371 g/mol. The van der Waals surface area contributed by atoms with Crippen LogP contribution in [0.1, 0.15) is 12.8 Å². The summed E-state index contributed by atoms with van der Waals surface area (Å²) in [7, 11) is -3.69. The van der Waals surface area contributed by atoms with Gasteiger partial charge in [0.05, 0.1) is 4.92 Å². The van der Waals surface area contributed by atoms with E-state index in [2.05, 4.69) is 10.6 Å². The van der Waals surface area contributed by atoms with Crippen LogP contribution in [-0.4, -0.2) is 49.7 Å². The topological polar surface area (TPSA) is 148 Å². The lowest BCUT2D eigenvalue weighted by Crippen LogP contribution is -2.45. The highest BCUT2D eigenvalue weighted by Gasteiger charge is 2.28. The van der Waals surface area contributed by atoms with Gasteiger partial charge in [0.25, 0.3) is 15.9 Å². The van der Waals surface area contributed by atoms with Crippen LogP contribution < -0.4 is 15.8 Å². The number of hydrogen-bond donors (Lipinski definition) is 3. The second-order valence-electron chi connectivity index (χ2n) is 5.74. The Kier molecular flexibility index (Phi) is 6.28. The highest BCUT2D eigenvalue weighted by molar-refractivity contribution is 7.86. The first kappa shape index (κ1) is 19.1. The Balaban J connectivity index is 1.68. The van der Waals surface area contributed by atoms with Gasteiger partial charge < -0.3 is 10.6 Å². The van der Waals surface area contributed by atoms with Gasteiger partial charge in [0.2, 0.25) is 5.91 Å². The van der Waals surface area contributed by atoms with Crippen LogP contribution in [-0.2, 0) is 15.0 Å². The zero-order valence-electron chi connectivity index (χ0n) is 13.6. The van der Waals surface area contributed by atoms with Crippen LogP contribution in [0.25, 0.3) is 0 Å². The number of benzene rings is 1. The summed E-state index contributed by atoms with van der Waals surface area (Å²) in [5.74, 6) is -0.336. The molecule has 1 aliphatic heterocycles. The molecule has 1 aromatic carbocycles. The maximum atomic E-state index is 12.1. The summed E-state index contributed by atoms with van der Waals surface area (Å²) in [6.07, 6.45) is 0.885. The highest BCUT2D eigenvalue weighted by atomic mass is 32.2. The van der Waals surface area contributed by atoms with E-state index in [1.165, 1.54) is 16.4 Å². The fourth-order valence-electron chi connectivity index (χ4n) is 2.61. The molecule has 0 atom stereocenters. The lowest BCUT2D eigenvalue weighted by molar-refractivity contribution is -0.384. The van der Waals surface area contributed by atoms with Crippen LogP contribution in [0, 0.1) is 16.0 Å². The van der Waals surface area contributed by atoms with Gasteiger partial charge in [-0.2, -0.15) is 12.7 Å². The first-order chi connectivity index (χ1) is 11.8. The van der Waals surface area contributed by atoms with Crippen molar-refractivity contribution in [2.45, 2.75) is 12.8 Å². The zero-order chi connectivity index (χ0) is 18.4. The Hall–Kier alpha value is -2.24. The van der Waals surface area contributed by atoms with Crippen molar-refractivity contribution in [3.8, 4) is 0 Å². The Morgan fingerprint density at radius 3 is 2.36 bits per heavy atom. The summed E-state index contributed by atoms with van der Waals surface area (Å²) in [4.78, 5) is 22.2. The summed E-state index contributed by atoms with van der Waals surface area (Å²) in [5, 5.41) is 21.5. The van der Waals surface area contributed by atoms with Crippen molar-refractivity contribution in [1.82, 2.24) is 9.62 Å². The van der Waals surface area contributed by atoms with Gasteiger partial charge in [0, 0.05) is 49.9 Å². The molecule has 1 aromatic rings. The molecule has 0 radical (unpaired) electrons. The second kappa shape index (κ2) is 8.23. The fraction of sp³-hybridized carbons (Fsp3) is 0.500. The fourth-order valence-corrected chi connectivity index (χ4v) is 3.33. The van der Waals surface area contributed by atoms with Crippen molar-refractivity contribution in [3.63, 3.8) is 0 Å². The van der Waals surface area contributed by atoms with E-state index >= 15 is 0 Å². The van der Waals surface area contributed by atoms with Gasteiger partial charge >= 0.3 is 0 Å². The number of piperidine rings is 1. The molecule has 0 saturated carbocycles. The number of hydrogen-bond acceptors (Lipinski definition) is 6. The molecule has 1 heterocycles. The number of carbonyl (C=O) groups excluding carboxylic acids is 1. The molecule has 10 nitrogen and oxygen atoms in total. The normalized spacial score (nSPS) is 16.4. The van der Waals surface area contributed by atoms with Crippen molar-refractivity contribution in [1.29, 1.82) is 0 Å². The molecule has 0 spiro atoms. The van der Waals surface area contributed by atoms with Crippen LogP contribution >= 0.6 is 0 Å². The molecule has 1 amide bonds. The third-order valence-electron chi connectivity index (χ3n) is 4.02. The van der Waals surface area contributed by atoms with E-state index < -0.39 is 15.1 Å². The van der Waals surface area contributed by atoms with Crippen molar-refractivity contribution >= 4 is 27.5 Å². The molecule has 0 aliphatic carbocycles. The van der Waals surface area contributed by atoms with E-state index in [-0.39, 0.29) is 30.6 Å². The quantitative estimate of drug-likeness (QED) is 0.350. The summed E-state index contributed by atoms with van der Waals surface area (Å²) in [6, 6.07) is 6.01. The van der Waals surface area contributed by atoms with E-state index in [0.29, 0.717) is 25.9 Å². The lowest BCUT2D eigenvalue weighted by Gasteiger charge is -2.29. The predicted molar refractivity (Wildman–Crippen MR) is 92.0 cm³/mol. The van der Waals surface area contributed by atoms with E-state index in [4.69, 9.17) is 5.14 Å².